The number of amides is 2. The number of amidine groups is 1. The fourth-order valence-electron chi connectivity index (χ4n) is 5.62. The Kier molecular flexibility index (Phi) is 8.33. The van der Waals surface area contributed by atoms with E-state index < -0.39 is 5.82 Å². The van der Waals surface area contributed by atoms with Crippen molar-refractivity contribution < 1.29 is 14.0 Å². The number of benzene rings is 2. The average molecular weight is 558 g/mol. The molecule has 1 fully saturated rings. The van der Waals surface area contributed by atoms with Gasteiger partial charge in [-0.3, -0.25) is 14.4 Å². The number of aliphatic imine (C=N–C) groups is 1. The number of likely N-dealkylation sites (tertiary alicyclic amines) is 1. The number of nitrogens with zero attached hydrogens (tertiary/aromatic N) is 4. The Morgan fingerprint density at radius 3 is 2.46 bits per heavy atom. The van der Waals surface area contributed by atoms with Gasteiger partial charge in [0.05, 0.1) is 5.69 Å². The summed E-state index contributed by atoms with van der Waals surface area (Å²) in [7, 11) is 0. The number of carbonyl (C=O) groups is 2. The van der Waals surface area contributed by atoms with Crippen LogP contribution in [0, 0.1) is 5.82 Å². The molecule has 0 radical (unpaired) electrons. The first-order valence-corrected chi connectivity index (χ1v) is 14.4. The fourth-order valence-corrected chi connectivity index (χ4v) is 5.62. The SMILES string of the molecule is CCCN(CCC)C(=O)C1=Cc2c(F)cc(-c3ccc4c(=O)n(CC(=O)N5CCCC5)ccc4c3)cc2N=C(N)C1. The second-order valence-electron chi connectivity index (χ2n) is 10.8. The summed E-state index contributed by atoms with van der Waals surface area (Å²) in [6.45, 7) is 6.76. The third-order valence-electron chi connectivity index (χ3n) is 7.69. The molecule has 41 heavy (non-hydrogen) atoms. The van der Waals surface area contributed by atoms with Gasteiger partial charge >= 0.3 is 0 Å². The summed E-state index contributed by atoms with van der Waals surface area (Å²) in [5.74, 6) is -0.459. The minimum atomic E-state index is -0.505. The Labute approximate surface area is 239 Å². The largest absolute Gasteiger partial charge is 0.387 e. The van der Waals surface area contributed by atoms with Crippen LogP contribution in [-0.2, 0) is 16.1 Å². The van der Waals surface area contributed by atoms with E-state index in [9.17, 15) is 14.4 Å². The number of pyridine rings is 1. The molecule has 214 valence electrons. The Balaban J connectivity index is 1.46. The van der Waals surface area contributed by atoms with Crippen molar-refractivity contribution in [1.29, 1.82) is 0 Å². The molecular formula is C32H36FN5O3. The number of carbonyl (C=O) groups excluding carboxylic acids is 2. The highest BCUT2D eigenvalue weighted by molar-refractivity contribution is 6.05. The van der Waals surface area contributed by atoms with Crippen LogP contribution in [0.2, 0.25) is 0 Å². The lowest BCUT2D eigenvalue weighted by Crippen LogP contribution is -2.34. The van der Waals surface area contributed by atoms with Gasteiger partial charge in [0.2, 0.25) is 11.8 Å². The molecule has 9 heteroatoms. The number of hydrogen-bond acceptors (Lipinski definition) is 5. The molecule has 2 amide bonds. The highest BCUT2D eigenvalue weighted by Crippen LogP contribution is 2.35. The fraction of sp³-hybridized carbons (Fsp3) is 0.375. The van der Waals surface area contributed by atoms with Crippen LogP contribution in [0.5, 0.6) is 0 Å². The third-order valence-corrected chi connectivity index (χ3v) is 7.69. The highest BCUT2D eigenvalue weighted by atomic mass is 19.1. The second kappa shape index (κ2) is 12.1. The molecule has 2 aliphatic heterocycles. The first kappa shape index (κ1) is 28.3. The Morgan fingerprint density at radius 1 is 1.02 bits per heavy atom. The van der Waals surface area contributed by atoms with Crippen molar-refractivity contribution in [3.63, 3.8) is 0 Å². The van der Waals surface area contributed by atoms with Crippen LogP contribution in [0.15, 0.2) is 58.0 Å². The summed E-state index contributed by atoms with van der Waals surface area (Å²) >= 11 is 0. The van der Waals surface area contributed by atoms with E-state index >= 15 is 4.39 Å². The van der Waals surface area contributed by atoms with E-state index in [0.29, 0.717) is 46.2 Å². The molecule has 3 aromatic rings. The molecule has 0 bridgehead atoms. The standard InChI is InChI=1S/C32H36FN5O3/c1-3-10-37(11-4-2)31(40)24-16-26-27(33)17-23(18-28(26)35-29(34)19-24)21-7-8-25-22(15-21)9-14-38(32(25)41)20-30(39)36-12-5-6-13-36/h7-9,14-18H,3-6,10-13,19-20H2,1-2H3,(H2,34,35). The summed E-state index contributed by atoms with van der Waals surface area (Å²) in [4.78, 5) is 47.0. The van der Waals surface area contributed by atoms with E-state index in [0.717, 1.165) is 38.8 Å². The highest BCUT2D eigenvalue weighted by Gasteiger charge is 2.23. The number of rotatable bonds is 8. The van der Waals surface area contributed by atoms with Gasteiger partial charge in [-0.1, -0.05) is 19.9 Å². The van der Waals surface area contributed by atoms with Gasteiger partial charge in [-0.15, -0.1) is 0 Å². The summed E-state index contributed by atoms with van der Waals surface area (Å²) < 4.78 is 17.0. The van der Waals surface area contributed by atoms with Gasteiger partial charge in [0.25, 0.3) is 5.56 Å². The average Bonchev–Trinajstić information content (AvgIpc) is 3.44. The number of hydrogen-bond donors (Lipinski definition) is 1. The zero-order valence-corrected chi connectivity index (χ0v) is 23.7. The molecule has 8 nitrogen and oxygen atoms in total. The van der Waals surface area contributed by atoms with E-state index in [4.69, 9.17) is 5.73 Å². The smallest absolute Gasteiger partial charge is 0.258 e. The van der Waals surface area contributed by atoms with Crippen LogP contribution in [-0.4, -0.2) is 58.2 Å². The van der Waals surface area contributed by atoms with Gasteiger partial charge in [0.15, 0.2) is 0 Å². The van der Waals surface area contributed by atoms with Crippen molar-refractivity contribution in [2.75, 3.05) is 26.2 Å². The Bertz CT molecular complexity index is 1610. The van der Waals surface area contributed by atoms with Crippen molar-refractivity contribution in [2.45, 2.75) is 52.5 Å². The monoisotopic (exact) mass is 557 g/mol. The normalized spacial score (nSPS) is 14.9. The quantitative estimate of drug-likeness (QED) is 0.428. The topological polar surface area (TPSA) is 101 Å². The van der Waals surface area contributed by atoms with Gasteiger partial charge < -0.3 is 20.1 Å². The number of halogens is 1. The van der Waals surface area contributed by atoms with Crippen molar-refractivity contribution in [1.82, 2.24) is 14.4 Å². The predicted octanol–water partition coefficient (Wildman–Crippen LogP) is 4.85. The van der Waals surface area contributed by atoms with Crippen LogP contribution >= 0.6 is 0 Å². The van der Waals surface area contributed by atoms with Gasteiger partial charge in [-0.25, -0.2) is 9.38 Å². The maximum Gasteiger partial charge on any atom is 0.258 e. The molecule has 2 N–H and O–H groups in total. The maximum atomic E-state index is 15.6. The number of nitrogens with two attached hydrogens (primary N) is 1. The minimum absolute atomic E-state index is 0.0125. The molecule has 2 aromatic carbocycles. The van der Waals surface area contributed by atoms with Crippen LogP contribution < -0.4 is 11.3 Å². The maximum absolute atomic E-state index is 15.6. The van der Waals surface area contributed by atoms with Crippen molar-refractivity contribution in [3.05, 3.63) is 69.9 Å². The molecule has 0 aliphatic carbocycles. The zero-order chi connectivity index (χ0) is 29.1. The van der Waals surface area contributed by atoms with E-state index in [-0.39, 0.29) is 41.7 Å². The second-order valence-corrected chi connectivity index (χ2v) is 10.8. The molecule has 0 spiro atoms. The Hall–Kier alpha value is -4.27. The van der Waals surface area contributed by atoms with Gasteiger partial charge in [0.1, 0.15) is 18.2 Å². The lowest BCUT2D eigenvalue weighted by atomic mass is 9.98. The number of aromatic nitrogens is 1. The predicted molar refractivity (Wildman–Crippen MR) is 160 cm³/mol. The van der Waals surface area contributed by atoms with E-state index in [1.54, 1.807) is 46.3 Å². The van der Waals surface area contributed by atoms with E-state index in [1.807, 2.05) is 19.9 Å². The molecule has 2 aliphatic rings. The zero-order valence-electron chi connectivity index (χ0n) is 23.7. The number of fused-ring (bicyclic) bond motifs is 2. The molecule has 1 saturated heterocycles. The summed E-state index contributed by atoms with van der Waals surface area (Å²) in [5.41, 5.74) is 8.25. The Morgan fingerprint density at radius 2 is 1.76 bits per heavy atom. The van der Waals surface area contributed by atoms with Gasteiger partial charge in [-0.05, 0) is 78.6 Å². The van der Waals surface area contributed by atoms with Crippen LogP contribution in [0.1, 0.15) is 51.5 Å². The summed E-state index contributed by atoms with van der Waals surface area (Å²) in [6, 6.07) is 10.3. The van der Waals surface area contributed by atoms with Crippen LogP contribution in [0.4, 0.5) is 10.1 Å². The molecule has 0 atom stereocenters. The van der Waals surface area contributed by atoms with Gasteiger partial charge in [-0.2, -0.15) is 0 Å². The molecule has 1 aromatic heterocycles. The lowest BCUT2D eigenvalue weighted by Gasteiger charge is -2.22. The van der Waals surface area contributed by atoms with Gasteiger partial charge in [0, 0.05) is 55.3 Å². The van der Waals surface area contributed by atoms with Crippen molar-refractivity contribution >= 4 is 40.2 Å². The molecule has 5 rings (SSSR count). The first-order valence-electron chi connectivity index (χ1n) is 14.4. The molecule has 3 heterocycles. The first-order chi connectivity index (χ1) is 19.8. The molecular weight excluding hydrogens is 521 g/mol. The molecule has 0 unspecified atom stereocenters. The van der Waals surface area contributed by atoms with E-state index in [2.05, 4.69) is 4.99 Å². The minimum Gasteiger partial charge on any atom is -0.387 e. The third kappa shape index (κ3) is 5.94. The van der Waals surface area contributed by atoms with Crippen molar-refractivity contribution in [2.24, 2.45) is 10.7 Å². The van der Waals surface area contributed by atoms with Crippen LogP contribution in [0.3, 0.4) is 0 Å². The molecule has 0 saturated carbocycles. The van der Waals surface area contributed by atoms with E-state index in [1.165, 1.54) is 10.6 Å². The summed E-state index contributed by atoms with van der Waals surface area (Å²) in [5, 5.41) is 1.17. The van der Waals surface area contributed by atoms with Crippen LogP contribution in [0.25, 0.3) is 28.0 Å². The lowest BCUT2D eigenvalue weighted by molar-refractivity contribution is -0.130. The summed E-state index contributed by atoms with van der Waals surface area (Å²) in [6.07, 6.45) is 7.00. The van der Waals surface area contributed by atoms with Crippen molar-refractivity contribution in [3.8, 4) is 11.1 Å².